The molecule has 0 aliphatic rings. The number of carbonyl (C=O) groups is 5. The third-order valence-electron chi connectivity index (χ3n) is 5.84. The van der Waals surface area contributed by atoms with Gasteiger partial charge in [-0.1, -0.05) is 5.21 Å². The minimum Gasteiger partial charge on any atom is -0.481 e. The molecule has 14 nitrogen and oxygen atoms in total. The first-order valence-corrected chi connectivity index (χ1v) is 15.5. The normalized spacial score (nSPS) is 13.4. The molecule has 0 saturated heterocycles. The molecule has 0 fully saturated rings. The van der Waals surface area contributed by atoms with E-state index in [2.05, 4.69) is 20.9 Å². The molecule has 45 heavy (non-hydrogen) atoms. The summed E-state index contributed by atoms with van der Waals surface area (Å²) >= 11 is 0. The molecule has 2 atom stereocenters. The number of carbonyl (C=O) groups excluding carboxylic acids is 4. The number of esters is 3. The summed E-state index contributed by atoms with van der Waals surface area (Å²) in [6.45, 7) is 16.0. The maximum Gasteiger partial charge on any atom is 0.329 e. The van der Waals surface area contributed by atoms with Crippen LogP contribution >= 0.6 is 0 Å². The third kappa shape index (κ3) is 19.3. The SMILES string of the molecule is CC(C)(C)OC(=O)CC[C@H](NC(=O)N[C@@H](CCCCn1cc(CCCCC(=O)O)nn1)C(=O)OC(C)(C)C)C(=O)OC(C)(C)C. The summed E-state index contributed by atoms with van der Waals surface area (Å²) in [6.07, 6.45) is 5.05. The van der Waals surface area contributed by atoms with Gasteiger partial charge in [0.2, 0.25) is 0 Å². The third-order valence-corrected chi connectivity index (χ3v) is 5.84. The topological polar surface area (TPSA) is 188 Å². The van der Waals surface area contributed by atoms with Gasteiger partial charge < -0.3 is 30.0 Å². The highest BCUT2D eigenvalue weighted by Gasteiger charge is 2.31. The largest absolute Gasteiger partial charge is 0.481 e. The molecule has 0 aliphatic heterocycles. The van der Waals surface area contributed by atoms with E-state index in [-0.39, 0.29) is 25.7 Å². The number of aryl methyl sites for hydroxylation is 2. The van der Waals surface area contributed by atoms with E-state index in [9.17, 15) is 24.0 Å². The Hall–Kier alpha value is -3.71. The van der Waals surface area contributed by atoms with Crippen LogP contribution in [0.3, 0.4) is 0 Å². The van der Waals surface area contributed by atoms with Crippen molar-refractivity contribution in [3.05, 3.63) is 11.9 Å². The van der Waals surface area contributed by atoms with Crippen molar-refractivity contribution in [2.75, 3.05) is 0 Å². The van der Waals surface area contributed by atoms with Crippen LogP contribution in [-0.2, 0) is 46.4 Å². The number of carboxylic acid groups (broad SMARTS) is 1. The summed E-state index contributed by atoms with van der Waals surface area (Å²) < 4.78 is 18.0. The van der Waals surface area contributed by atoms with Crippen molar-refractivity contribution in [2.45, 2.75) is 156 Å². The van der Waals surface area contributed by atoms with Gasteiger partial charge in [0.1, 0.15) is 28.9 Å². The predicted molar refractivity (Wildman–Crippen MR) is 165 cm³/mol. The molecular weight excluding hydrogens is 586 g/mol. The van der Waals surface area contributed by atoms with Crippen LogP contribution in [-0.4, -0.2) is 78.9 Å². The zero-order valence-corrected chi connectivity index (χ0v) is 28.4. The average Bonchev–Trinajstić information content (AvgIpc) is 3.30. The zero-order valence-electron chi connectivity index (χ0n) is 28.4. The van der Waals surface area contributed by atoms with Crippen molar-refractivity contribution in [1.82, 2.24) is 25.6 Å². The molecule has 1 aromatic heterocycles. The fraction of sp³-hybridized carbons (Fsp3) is 0.774. The molecule has 0 aliphatic carbocycles. The summed E-state index contributed by atoms with van der Waals surface area (Å²) in [7, 11) is 0. The number of nitrogens with one attached hydrogen (secondary N) is 2. The van der Waals surface area contributed by atoms with Gasteiger partial charge in [0.05, 0.1) is 5.69 Å². The van der Waals surface area contributed by atoms with Crippen LogP contribution in [0.4, 0.5) is 4.79 Å². The number of ether oxygens (including phenoxy) is 3. The molecule has 0 aromatic carbocycles. The number of urea groups is 1. The predicted octanol–water partition coefficient (Wildman–Crippen LogP) is 4.09. The van der Waals surface area contributed by atoms with E-state index in [0.29, 0.717) is 38.6 Å². The number of carboxylic acids is 1. The summed E-state index contributed by atoms with van der Waals surface area (Å²) in [5.41, 5.74) is -1.55. The van der Waals surface area contributed by atoms with E-state index < -0.39 is 58.8 Å². The molecule has 0 spiro atoms. The summed E-state index contributed by atoms with van der Waals surface area (Å²) in [5, 5.41) is 22.2. The molecule has 14 heteroatoms. The Morgan fingerprint density at radius 2 is 1.29 bits per heavy atom. The number of aromatic nitrogens is 3. The lowest BCUT2D eigenvalue weighted by molar-refractivity contribution is -0.159. The lowest BCUT2D eigenvalue weighted by Crippen LogP contribution is -2.53. The first-order chi connectivity index (χ1) is 20.6. The van der Waals surface area contributed by atoms with Crippen LogP contribution < -0.4 is 10.6 Å². The Balaban J connectivity index is 2.83. The van der Waals surface area contributed by atoms with Gasteiger partial charge >= 0.3 is 29.9 Å². The summed E-state index contributed by atoms with van der Waals surface area (Å²) in [5.74, 6) is -2.69. The quantitative estimate of drug-likeness (QED) is 0.127. The Labute approximate surface area is 266 Å². The van der Waals surface area contributed by atoms with Gasteiger partial charge in [-0.15, -0.1) is 5.10 Å². The van der Waals surface area contributed by atoms with E-state index in [1.165, 1.54) is 0 Å². The Morgan fingerprint density at radius 3 is 1.80 bits per heavy atom. The highest BCUT2D eigenvalue weighted by atomic mass is 16.6. The molecule has 256 valence electrons. The van der Waals surface area contributed by atoms with Crippen LogP contribution in [0.25, 0.3) is 0 Å². The van der Waals surface area contributed by atoms with Gasteiger partial charge in [-0.2, -0.15) is 0 Å². The van der Waals surface area contributed by atoms with Crippen molar-refractivity contribution in [3.8, 4) is 0 Å². The van der Waals surface area contributed by atoms with Crippen molar-refractivity contribution < 1.29 is 43.3 Å². The molecule has 2 amide bonds. The second kappa shape index (κ2) is 17.7. The summed E-state index contributed by atoms with van der Waals surface area (Å²) in [6, 6.07) is -2.95. The van der Waals surface area contributed by atoms with Gasteiger partial charge in [-0.05, 0) is 107 Å². The molecule has 3 N–H and O–H groups in total. The smallest absolute Gasteiger partial charge is 0.329 e. The van der Waals surface area contributed by atoms with Gasteiger partial charge in [0.15, 0.2) is 0 Å². The fourth-order valence-corrected chi connectivity index (χ4v) is 4.02. The van der Waals surface area contributed by atoms with Crippen LogP contribution in [0.5, 0.6) is 0 Å². The van der Waals surface area contributed by atoms with Crippen molar-refractivity contribution in [3.63, 3.8) is 0 Å². The zero-order chi connectivity index (χ0) is 34.4. The molecular formula is C31H53N5O9. The summed E-state index contributed by atoms with van der Waals surface area (Å²) in [4.78, 5) is 61.9. The van der Waals surface area contributed by atoms with E-state index in [1.54, 1.807) is 67.0 Å². The molecule has 1 heterocycles. The lowest BCUT2D eigenvalue weighted by atomic mass is 10.1. The van der Waals surface area contributed by atoms with Crippen LogP contribution in [0, 0.1) is 0 Å². The van der Waals surface area contributed by atoms with Crippen molar-refractivity contribution in [1.29, 1.82) is 0 Å². The molecule has 0 bridgehead atoms. The van der Waals surface area contributed by atoms with Gasteiger partial charge in [0.25, 0.3) is 0 Å². The number of hydrogen-bond donors (Lipinski definition) is 3. The fourth-order valence-electron chi connectivity index (χ4n) is 4.02. The lowest BCUT2D eigenvalue weighted by Gasteiger charge is -2.27. The highest BCUT2D eigenvalue weighted by molar-refractivity contribution is 5.87. The minimum absolute atomic E-state index is 0.0617. The minimum atomic E-state index is -1.17. The second-order valence-electron chi connectivity index (χ2n) is 14.0. The molecule has 1 rings (SSSR count). The van der Waals surface area contributed by atoms with Crippen LogP contribution in [0.1, 0.15) is 119 Å². The molecule has 0 radical (unpaired) electrons. The molecule has 0 saturated carbocycles. The number of amides is 2. The van der Waals surface area contributed by atoms with Crippen LogP contribution in [0.15, 0.2) is 6.20 Å². The van der Waals surface area contributed by atoms with E-state index in [0.717, 1.165) is 5.69 Å². The van der Waals surface area contributed by atoms with Crippen LogP contribution in [0.2, 0.25) is 0 Å². The number of aliphatic carboxylic acids is 1. The number of nitrogens with zero attached hydrogens (tertiary/aromatic N) is 3. The first-order valence-electron chi connectivity index (χ1n) is 15.5. The monoisotopic (exact) mass is 639 g/mol. The maximum atomic E-state index is 13.1. The van der Waals surface area contributed by atoms with Crippen molar-refractivity contribution in [2.24, 2.45) is 0 Å². The van der Waals surface area contributed by atoms with Gasteiger partial charge in [0, 0.05) is 25.6 Å². The Bertz CT molecular complexity index is 1130. The average molecular weight is 640 g/mol. The maximum absolute atomic E-state index is 13.1. The van der Waals surface area contributed by atoms with Gasteiger partial charge in [-0.25, -0.2) is 14.4 Å². The molecule has 1 aromatic rings. The Morgan fingerprint density at radius 1 is 0.756 bits per heavy atom. The molecule has 0 unspecified atom stereocenters. The van der Waals surface area contributed by atoms with E-state index >= 15 is 0 Å². The van der Waals surface area contributed by atoms with E-state index in [4.69, 9.17) is 19.3 Å². The highest BCUT2D eigenvalue weighted by Crippen LogP contribution is 2.15. The second-order valence-corrected chi connectivity index (χ2v) is 14.0. The number of unbranched alkanes of at least 4 members (excludes halogenated alkanes) is 2. The number of hydrogen-bond acceptors (Lipinski definition) is 10. The first kappa shape index (κ1) is 39.3. The van der Waals surface area contributed by atoms with E-state index in [1.807, 2.05) is 6.20 Å². The van der Waals surface area contributed by atoms with Crippen molar-refractivity contribution >= 4 is 29.9 Å². The number of rotatable bonds is 17. The van der Waals surface area contributed by atoms with Gasteiger partial charge in [-0.3, -0.25) is 14.3 Å². The Kier molecular flexibility index (Phi) is 15.5. The standard InChI is InChI=1S/C31H53N5O9/c1-29(2,3)43-25(39)18-17-23(27(41)45-31(7,8)9)33-28(42)32-22(26(40)44-30(4,5)6)15-12-13-19-36-20-21(34-35-36)14-10-11-16-24(37)38/h20,22-23H,10-19H2,1-9H3,(H,37,38)(H2,32,33,42)/t22-,23-/m0/s1.